The first-order valence-corrected chi connectivity index (χ1v) is 14.0. The minimum atomic E-state index is -0.957. The number of aliphatic carboxylic acids is 1. The molecule has 0 amide bonds. The average Bonchev–Trinajstić information content (AvgIpc) is 3.10. The molecule has 2 aromatic carbocycles. The predicted molar refractivity (Wildman–Crippen MR) is 163 cm³/mol. The molecule has 2 N–H and O–H groups in total. The number of hydrogen-bond acceptors (Lipinski definition) is 4. The van der Waals surface area contributed by atoms with Crippen molar-refractivity contribution in [3.63, 3.8) is 0 Å². The standard InChI is InChI=1S/C35H39NO5/c37-34(38)20-14-15-25-36(26-29-21-23-32(24-22-29)35(39)40)27-33(31-18-12-8-2-1-3-9-13-19-31)41-28-30-16-10-6-4-5-7-11-17-30/h1-10,12-13,16-19,21-24,33H,11,14-15,20,25-28H2,(H,37,38)(H,39,40)/b2-1?,3-1?,6-4-,7-5-,8-2?,9-3?,12-8?,13-9?,16-10+,18-12?,19-13?,30-17+,31-18?,31-19?. The summed E-state index contributed by atoms with van der Waals surface area (Å²) in [6, 6.07) is 24.9. The van der Waals surface area contributed by atoms with Crippen LogP contribution in [0.1, 0.15) is 53.3 Å². The fourth-order valence-corrected chi connectivity index (χ4v) is 4.33. The van der Waals surface area contributed by atoms with E-state index in [9.17, 15) is 14.7 Å². The van der Waals surface area contributed by atoms with E-state index in [1.807, 2.05) is 78.9 Å². The maximum atomic E-state index is 11.3. The summed E-state index contributed by atoms with van der Waals surface area (Å²) in [6.45, 7) is 2.28. The summed E-state index contributed by atoms with van der Waals surface area (Å²) in [5.41, 5.74) is 3.34. The Morgan fingerprint density at radius 2 is 1.51 bits per heavy atom. The molecule has 1 unspecified atom stereocenters. The summed E-state index contributed by atoms with van der Waals surface area (Å²) in [5.74, 6) is -1.75. The third-order valence-corrected chi connectivity index (χ3v) is 6.51. The molecule has 1 aliphatic carbocycles. The number of aromatic carboxylic acids is 1. The van der Waals surface area contributed by atoms with Crippen LogP contribution in [0.25, 0.3) is 0 Å². The summed E-state index contributed by atoms with van der Waals surface area (Å²) < 4.78 is 6.61. The Hall–Kier alpha value is -4.26. The van der Waals surface area contributed by atoms with Gasteiger partial charge in [0.15, 0.2) is 0 Å². The van der Waals surface area contributed by atoms with E-state index in [4.69, 9.17) is 9.84 Å². The van der Waals surface area contributed by atoms with E-state index in [1.165, 1.54) is 0 Å². The maximum absolute atomic E-state index is 11.3. The smallest absolute Gasteiger partial charge is 0.335 e. The highest BCUT2D eigenvalue weighted by Gasteiger charge is 2.18. The molecule has 2 aromatic rings. The maximum Gasteiger partial charge on any atom is 0.335 e. The van der Waals surface area contributed by atoms with Gasteiger partial charge in [0.1, 0.15) is 0 Å². The molecule has 0 heterocycles. The average molecular weight is 554 g/mol. The second-order valence-corrected chi connectivity index (χ2v) is 9.76. The van der Waals surface area contributed by atoms with Gasteiger partial charge in [-0.1, -0.05) is 109 Å². The number of hydrogen-bond donors (Lipinski definition) is 2. The van der Waals surface area contributed by atoms with Gasteiger partial charge in [-0.25, -0.2) is 4.79 Å². The lowest BCUT2D eigenvalue weighted by Crippen LogP contribution is -2.31. The van der Waals surface area contributed by atoms with Gasteiger partial charge in [0.2, 0.25) is 0 Å². The van der Waals surface area contributed by atoms with Crippen LogP contribution >= 0.6 is 0 Å². The first kappa shape index (κ1) is 31.3. The van der Waals surface area contributed by atoms with Crippen LogP contribution in [-0.2, 0) is 16.1 Å². The molecule has 1 aliphatic rings. The Morgan fingerprint density at radius 3 is 2.20 bits per heavy atom. The highest BCUT2D eigenvalue weighted by atomic mass is 16.5. The summed E-state index contributed by atoms with van der Waals surface area (Å²) in [6.07, 6.45) is 16.4. The van der Waals surface area contributed by atoms with Crippen molar-refractivity contribution in [1.29, 1.82) is 0 Å². The number of carbonyl (C=O) groups is 2. The second-order valence-electron chi connectivity index (χ2n) is 9.76. The number of rotatable bonds is 14. The molecule has 0 bridgehead atoms. The van der Waals surface area contributed by atoms with Crippen molar-refractivity contribution >= 4 is 11.9 Å². The third kappa shape index (κ3) is 12.6. The molecule has 0 aliphatic heterocycles. The van der Waals surface area contributed by atoms with E-state index in [0.29, 0.717) is 32.7 Å². The minimum absolute atomic E-state index is 0.128. The lowest BCUT2D eigenvalue weighted by molar-refractivity contribution is -0.137. The van der Waals surface area contributed by atoms with Crippen LogP contribution in [0.15, 0.2) is 127 Å². The molecule has 0 spiro atoms. The van der Waals surface area contributed by atoms with Crippen molar-refractivity contribution < 1.29 is 24.5 Å². The van der Waals surface area contributed by atoms with Gasteiger partial charge in [-0.05, 0) is 54.6 Å². The lowest BCUT2D eigenvalue weighted by Gasteiger charge is -2.28. The van der Waals surface area contributed by atoms with Gasteiger partial charge >= 0.3 is 11.9 Å². The van der Waals surface area contributed by atoms with Gasteiger partial charge in [-0.2, -0.15) is 0 Å². The van der Waals surface area contributed by atoms with Crippen LogP contribution in [-0.4, -0.2) is 46.7 Å². The summed E-state index contributed by atoms with van der Waals surface area (Å²) in [4.78, 5) is 24.7. The molecule has 1 atom stereocenters. The molecule has 0 aromatic heterocycles. The Bertz CT molecular complexity index is 1270. The number of unbranched alkanes of at least 4 members (excludes halogenated alkanes) is 1. The van der Waals surface area contributed by atoms with E-state index < -0.39 is 11.9 Å². The SMILES string of the molecule is O=C(O)CCCCN(Cc1ccc(C(=O)O)cc1)CC(OCC1=C/C\C=C/C=C\C=C\1)c1ccccccccc1. The largest absolute Gasteiger partial charge is 0.481 e. The van der Waals surface area contributed by atoms with Crippen LogP contribution in [0.5, 0.6) is 0 Å². The van der Waals surface area contributed by atoms with Crippen molar-refractivity contribution in [2.24, 2.45) is 0 Å². The van der Waals surface area contributed by atoms with E-state index in [0.717, 1.165) is 29.5 Å². The molecule has 0 radical (unpaired) electrons. The van der Waals surface area contributed by atoms with Crippen LogP contribution in [0.4, 0.5) is 0 Å². The monoisotopic (exact) mass is 553 g/mol. The molecule has 0 saturated carbocycles. The number of carboxylic acid groups (broad SMARTS) is 2. The Morgan fingerprint density at radius 1 is 0.829 bits per heavy atom. The second kappa shape index (κ2) is 18.2. The molecular weight excluding hydrogens is 514 g/mol. The van der Waals surface area contributed by atoms with Crippen molar-refractivity contribution in [3.05, 3.63) is 144 Å². The van der Waals surface area contributed by atoms with Crippen molar-refractivity contribution in [2.75, 3.05) is 19.7 Å². The van der Waals surface area contributed by atoms with E-state index in [2.05, 4.69) is 35.3 Å². The van der Waals surface area contributed by atoms with E-state index >= 15 is 0 Å². The van der Waals surface area contributed by atoms with E-state index in [1.54, 1.807) is 12.1 Å². The molecule has 6 heteroatoms. The van der Waals surface area contributed by atoms with Gasteiger partial charge in [0.25, 0.3) is 0 Å². The molecule has 6 nitrogen and oxygen atoms in total. The number of benzene rings is 1. The molecule has 214 valence electrons. The Labute approximate surface area is 242 Å². The third-order valence-electron chi connectivity index (χ3n) is 6.51. The van der Waals surface area contributed by atoms with Crippen molar-refractivity contribution in [1.82, 2.24) is 4.90 Å². The zero-order valence-electron chi connectivity index (χ0n) is 23.3. The number of carboxylic acids is 2. The number of ether oxygens (including phenoxy) is 1. The highest BCUT2D eigenvalue weighted by molar-refractivity contribution is 5.87. The zero-order valence-corrected chi connectivity index (χ0v) is 23.3. The van der Waals surface area contributed by atoms with E-state index in [-0.39, 0.29) is 18.1 Å². The van der Waals surface area contributed by atoms with Crippen LogP contribution in [0, 0.1) is 0 Å². The van der Waals surface area contributed by atoms with Crippen molar-refractivity contribution in [2.45, 2.75) is 38.3 Å². The first-order chi connectivity index (χ1) is 20.0. The fourth-order valence-electron chi connectivity index (χ4n) is 4.33. The molecular formula is C35H39NO5. The van der Waals surface area contributed by atoms with Gasteiger partial charge < -0.3 is 14.9 Å². The van der Waals surface area contributed by atoms with Gasteiger partial charge in [0, 0.05) is 19.5 Å². The molecule has 41 heavy (non-hydrogen) atoms. The lowest BCUT2D eigenvalue weighted by atomic mass is 10.1. The zero-order chi connectivity index (χ0) is 29.1. The summed E-state index contributed by atoms with van der Waals surface area (Å²) in [7, 11) is 0. The predicted octanol–water partition coefficient (Wildman–Crippen LogP) is 7.32. The first-order valence-electron chi connectivity index (χ1n) is 14.0. The van der Waals surface area contributed by atoms with Gasteiger partial charge in [0.05, 0.1) is 18.3 Å². The van der Waals surface area contributed by atoms with Crippen LogP contribution < -0.4 is 0 Å². The Kier molecular flexibility index (Phi) is 13.8. The molecule has 3 rings (SSSR count). The molecule has 0 fully saturated rings. The quantitative estimate of drug-likeness (QED) is 0.238. The van der Waals surface area contributed by atoms with Gasteiger partial charge in [-0.15, -0.1) is 0 Å². The van der Waals surface area contributed by atoms with Crippen LogP contribution in [0.3, 0.4) is 0 Å². The molecule has 0 saturated heterocycles. The fraction of sp³-hybridized carbons (Fsp3) is 0.257. The van der Waals surface area contributed by atoms with Gasteiger partial charge in [-0.3, -0.25) is 9.69 Å². The van der Waals surface area contributed by atoms with Crippen molar-refractivity contribution in [3.8, 4) is 0 Å². The topological polar surface area (TPSA) is 87.1 Å². The summed E-state index contributed by atoms with van der Waals surface area (Å²) >= 11 is 0. The normalized spacial score (nSPS) is 17.0. The highest BCUT2D eigenvalue weighted by Crippen LogP contribution is 2.22. The van der Waals surface area contributed by atoms with Crippen LogP contribution in [0.2, 0.25) is 0 Å². The number of nitrogens with zero attached hydrogens (tertiary/aromatic N) is 1. The number of allylic oxidation sites excluding steroid dienone is 6. The Balaban J connectivity index is 1.88. The minimum Gasteiger partial charge on any atom is -0.481 e. The summed E-state index contributed by atoms with van der Waals surface area (Å²) in [5, 5.41) is 18.4.